The maximum absolute atomic E-state index is 2.29. The molecule has 0 spiro atoms. The molecule has 0 aliphatic carbocycles. The van der Waals surface area contributed by atoms with Crippen molar-refractivity contribution in [2.75, 3.05) is 4.90 Å². The minimum absolute atomic E-state index is 1.13. The molecule has 0 radical (unpaired) electrons. The molecule has 2 heteroatoms. The van der Waals surface area contributed by atoms with Crippen molar-refractivity contribution in [2.45, 2.75) is 6.92 Å². The predicted octanol–water partition coefficient (Wildman–Crippen LogP) is 12.2. The molecule has 0 bridgehead atoms. The standard InChI is InChI=1S/C41H31NS/c1-30-28-37(25-26-40-38-18-10-8-12-32(38)29-33-13-9-11-19-39(33)40)43-41(30)27-22-31-20-23-36(24-21-31)42(34-14-4-2-5-15-34)35-16-6-3-7-17-35/h2-29H,1H3. The van der Waals surface area contributed by atoms with E-state index in [1.54, 1.807) is 0 Å². The van der Waals surface area contributed by atoms with Crippen molar-refractivity contribution in [3.05, 3.63) is 172 Å². The molecular formula is C41H31NS. The number of anilines is 3. The van der Waals surface area contributed by atoms with Gasteiger partial charge in [-0.2, -0.15) is 0 Å². The van der Waals surface area contributed by atoms with Crippen LogP contribution in [0, 0.1) is 6.92 Å². The van der Waals surface area contributed by atoms with Crippen molar-refractivity contribution in [1.29, 1.82) is 0 Å². The molecule has 0 aliphatic heterocycles. The Morgan fingerprint density at radius 2 is 1.02 bits per heavy atom. The molecule has 206 valence electrons. The maximum atomic E-state index is 2.29. The molecule has 0 aliphatic rings. The van der Waals surface area contributed by atoms with Gasteiger partial charge in [0, 0.05) is 26.8 Å². The lowest BCUT2D eigenvalue weighted by Crippen LogP contribution is -2.09. The van der Waals surface area contributed by atoms with Crippen LogP contribution in [-0.2, 0) is 0 Å². The Labute approximate surface area is 257 Å². The molecule has 0 saturated heterocycles. The molecule has 0 atom stereocenters. The summed E-state index contributed by atoms with van der Waals surface area (Å²) in [6, 6.07) is 51.7. The van der Waals surface area contributed by atoms with E-state index < -0.39 is 0 Å². The number of para-hydroxylation sites is 2. The summed E-state index contributed by atoms with van der Waals surface area (Å²) in [6.07, 6.45) is 9.00. The lowest BCUT2D eigenvalue weighted by Gasteiger charge is -2.25. The highest BCUT2D eigenvalue weighted by Gasteiger charge is 2.11. The van der Waals surface area contributed by atoms with Crippen LogP contribution in [-0.4, -0.2) is 0 Å². The van der Waals surface area contributed by atoms with E-state index in [1.165, 1.54) is 48.0 Å². The summed E-state index contributed by atoms with van der Waals surface area (Å²) in [7, 11) is 0. The van der Waals surface area contributed by atoms with Crippen LogP contribution >= 0.6 is 11.3 Å². The van der Waals surface area contributed by atoms with Crippen LogP contribution in [0.3, 0.4) is 0 Å². The van der Waals surface area contributed by atoms with E-state index in [2.05, 4.69) is 182 Å². The van der Waals surface area contributed by atoms with Gasteiger partial charge in [-0.25, -0.2) is 0 Å². The zero-order chi connectivity index (χ0) is 29.0. The molecule has 7 aromatic rings. The molecule has 43 heavy (non-hydrogen) atoms. The third kappa shape index (κ3) is 5.66. The second-order valence-corrected chi connectivity index (χ2v) is 11.8. The van der Waals surface area contributed by atoms with Crippen LogP contribution in [0.25, 0.3) is 45.8 Å². The number of nitrogens with zero attached hydrogens (tertiary/aromatic N) is 1. The summed E-state index contributed by atoms with van der Waals surface area (Å²) in [5.41, 5.74) is 7.16. The van der Waals surface area contributed by atoms with E-state index >= 15 is 0 Å². The van der Waals surface area contributed by atoms with Gasteiger partial charge in [-0.1, -0.05) is 109 Å². The van der Waals surface area contributed by atoms with Gasteiger partial charge in [0.05, 0.1) is 0 Å². The third-order valence-electron chi connectivity index (χ3n) is 7.81. The van der Waals surface area contributed by atoms with E-state index in [1.807, 2.05) is 11.3 Å². The van der Waals surface area contributed by atoms with Gasteiger partial charge in [-0.3, -0.25) is 0 Å². The lowest BCUT2D eigenvalue weighted by atomic mass is 9.96. The SMILES string of the molecule is Cc1cc(C=Cc2c3ccccc3cc3ccccc23)sc1C=Cc1ccc(N(c2ccccc2)c2ccccc2)cc1. The first kappa shape index (κ1) is 26.7. The smallest absolute Gasteiger partial charge is 0.0462 e. The second kappa shape index (κ2) is 12.0. The van der Waals surface area contributed by atoms with Crippen LogP contribution in [0.5, 0.6) is 0 Å². The van der Waals surface area contributed by atoms with Crippen LogP contribution in [0.15, 0.2) is 146 Å². The normalized spacial score (nSPS) is 11.7. The molecule has 1 aromatic heterocycles. The fourth-order valence-electron chi connectivity index (χ4n) is 5.67. The van der Waals surface area contributed by atoms with Crippen molar-refractivity contribution in [2.24, 2.45) is 0 Å². The fourth-order valence-corrected chi connectivity index (χ4v) is 6.65. The van der Waals surface area contributed by atoms with Gasteiger partial charge in [0.15, 0.2) is 0 Å². The molecule has 1 nitrogen and oxygen atoms in total. The first-order valence-electron chi connectivity index (χ1n) is 14.6. The highest BCUT2D eigenvalue weighted by molar-refractivity contribution is 7.14. The van der Waals surface area contributed by atoms with Gasteiger partial charge in [0.25, 0.3) is 0 Å². The van der Waals surface area contributed by atoms with Gasteiger partial charge in [-0.15, -0.1) is 11.3 Å². The average molecular weight is 570 g/mol. The molecule has 0 fully saturated rings. The van der Waals surface area contributed by atoms with E-state index in [4.69, 9.17) is 0 Å². The molecule has 7 rings (SSSR count). The summed E-state index contributed by atoms with van der Waals surface area (Å²) >= 11 is 1.83. The molecule has 0 unspecified atom stereocenters. The minimum atomic E-state index is 1.13. The van der Waals surface area contributed by atoms with Crippen molar-refractivity contribution in [1.82, 2.24) is 0 Å². The molecular weight excluding hydrogens is 539 g/mol. The van der Waals surface area contributed by atoms with Gasteiger partial charge in [0.2, 0.25) is 0 Å². The van der Waals surface area contributed by atoms with E-state index in [0.717, 1.165) is 17.1 Å². The molecule has 0 saturated carbocycles. The fraction of sp³-hybridized carbons (Fsp3) is 0.0244. The van der Waals surface area contributed by atoms with Crippen molar-refractivity contribution < 1.29 is 0 Å². The van der Waals surface area contributed by atoms with Gasteiger partial charge in [-0.05, 0) is 106 Å². The van der Waals surface area contributed by atoms with E-state index in [-0.39, 0.29) is 0 Å². The monoisotopic (exact) mass is 569 g/mol. The highest BCUT2D eigenvalue weighted by atomic mass is 32.1. The number of thiophene rings is 1. The Hall–Kier alpha value is -5.18. The minimum Gasteiger partial charge on any atom is -0.311 e. The first-order valence-corrected chi connectivity index (χ1v) is 15.4. The Balaban J connectivity index is 1.14. The molecule has 0 N–H and O–H groups in total. The van der Waals surface area contributed by atoms with Crippen LogP contribution in [0.2, 0.25) is 0 Å². The Bertz CT molecular complexity index is 1970. The van der Waals surface area contributed by atoms with Gasteiger partial charge in [0.1, 0.15) is 0 Å². The molecule has 6 aromatic carbocycles. The van der Waals surface area contributed by atoms with Crippen LogP contribution < -0.4 is 4.90 Å². The Kier molecular flexibility index (Phi) is 7.43. The van der Waals surface area contributed by atoms with Gasteiger partial charge < -0.3 is 4.90 Å². The highest BCUT2D eigenvalue weighted by Crippen LogP contribution is 2.35. The second-order valence-electron chi connectivity index (χ2n) is 10.7. The van der Waals surface area contributed by atoms with Crippen molar-refractivity contribution in [3.63, 3.8) is 0 Å². The number of rotatable bonds is 7. The van der Waals surface area contributed by atoms with Crippen molar-refractivity contribution in [3.8, 4) is 0 Å². The largest absolute Gasteiger partial charge is 0.311 e. The summed E-state index contributed by atoms with van der Waals surface area (Å²) < 4.78 is 0. The number of hydrogen-bond donors (Lipinski definition) is 0. The lowest BCUT2D eigenvalue weighted by molar-refractivity contribution is 1.28. The maximum Gasteiger partial charge on any atom is 0.0462 e. The predicted molar refractivity (Wildman–Crippen MR) is 189 cm³/mol. The molecule has 0 amide bonds. The van der Waals surface area contributed by atoms with Gasteiger partial charge >= 0.3 is 0 Å². The average Bonchev–Trinajstić information content (AvgIpc) is 3.42. The van der Waals surface area contributed by atoms with E-state index in [0.29, 0.717) is 0 Å². The zero-order valence-corrected chi connectivity index (χ0v) is 24.8. The number of aryl methyl sites for hydroxylation is 1. The Morgan fingerprint density at radius 3 is 1.63 bits per heavy atom. The summed E-state index contributed by atoms with van der Waals surface area (Å²) in [4.78, 5) is 4.82. The summed E-state index contributed by atoms with van der Waals surface area (Å²) in [5.74, 6) is 0. The number of hydrogen-bond acceptors (Lipinski definition) is 2. The van der Waals surface area contributed by atoms with Crippen LogP contribution in [0.4, 0.5) is 17.1 Å². The van der Waals surface area contributed by atoms with Crippen LogP contribution in [0.1, 0.15) is 26.4 Å². The topological polar surface area (TPSA) is 3.24 Å². The number of benzene rings is 6. The Morgan fingerprint density at radius 1 is 0.488 bits per heavy atom. The zero-order valence-electron chi connectivity index (χ0n) is 24.0. The summed E-state index contributed by atoms with van der Waals surface area (Å²) in [5, 5.41) is 5.11. The quantitative estimate of drug-likeness (QED) is 0.173. The molecule has 1 heterocycles. The summed E-state index contributed by atoms with van der Waals surface area (Å²) in [6.45, 7) is 2.20. The van der Waals surface area contributed by atoms with E-state index in [9.17, 15) is 0 Å². The third-order valence-corrected chi connectivity index (χ3v) is 8.98. The number of fused-ring (bicyclic) bond motifs is 2. The van der Waals surface area contributed by atoms with Crippen molar-refractivity contribution >= 4 is 74.2 Å². The first-order chi connectivity index (χ1) is 21.2.